The summed E-state index contributed by atoms with van der Waals surface area (Å²) in [4.78, 5) is 4.44. The quantitative estimate of drug-likeness (QED) is 0.131. The number of fused-ring (bicyclic) bond motifs is 3. The van der Waals surface area contributed by atoms with E-state index >= 15 is 0 Å². The van der Waals surface area contributed by atoms with Crippen LogP contribution in [0.15, 0.2) is 84.6 Å². The zero-order valence-electron chi connectivity index (χ0n) is 24.5. The molecule has 0 bridgehead atoms. The van der Waals surface area contributed by atoms with E-state index in [4.69, 9.17) is 9.84 Å². The molecule has 3 aromatic carbocycles. The average Bonchev–Trinajstić information content (AvgIpc) is 3.46. The molecule has 1 unspecified atom stereocenters. The maximum atomic E-state index is 14.2. The number of aryl methyl sites for hydroxylation is 1. The van der Waals surface area contributed by atoms with Crippen LogP contribution in [0.5, 0.6) is 11.5 Å². The van der Waals surface area contributed by atoms with Gasteiger partial charge in [0.05, 0.1) is 5.69 Å². The third-order valence-corrected chi connectivity index (χ3v) is 8.50. The fourth-order valence-electron chi connectivity index (χ4n) is 6.59. The van der Waals surface area contributed by atoms with Gasteiger partial charge < -0.3 is 9.30 Å². The molecule has 1 aliphatic carbocycles. The first kappa shape index (κ1) is 29.1. The van der Waals surface area contributed by atoms with Crippen LogP contribution in [0.3, 0.4) is 0 Å². The Kier molecular flexibility index (Phi) is 7.83. The molecular formula is C36H31FN4OPt. The number of halogens is 1. The Labute approximate surface area is 265 Å². The number of pyridine rings is 1. The summed E-state index contributed by atoms with van der Waals surface area (Å²) in [7, 11) is 0. The van der Waals surface area contributed by atoms with E-state index < -0.39 is 0 Å². The minimum atomic E-state index is -0.346. The van der Waals surface area contributed by atoms with Crippen molar-refractivity contribution in [2.75, 3.05) is 0 Å². The first-order chi connectivity index (χ1) is 20.4. The molecule has 2 atom stereocenters. The van der Waals surface area contributed by atoms with Crippen molar-refractivity contribution < 1.29 is 30.2 Å². The first-order valence-electron chi connectivity index (χ1n) is 14.4. The zero-order chi connectivity index (χ0) is 29.0. The van der Waals surface area contributed by atoms with Crippen molar-refractivity contribution in [2.45, 2.75) is 46.5 Å². The maximum Gasteiger partial charge on any atom is 2.00 e. The fraction of sp³-hybridized carbons (Fsp3) is 0.222. The number of hydrogen-bond acceptors (Lipinski definition) is 3. The smallest absolute Gasteiger partial charge is 0.509 e. The monoisotopic (exact) mass is 749 g/mol. The molecule has 218 valence electrons. The van der Waals surface area contributed by atoms with Crippen molar-refractivity contribution in [3.63, 3.8) is 0 Å². The largest absolute Gasteiger partial charge is 2.00 e. The third kappa shape index (κ3) is 5.12. The minimum absolute atomic E-state index is 0. The number of para-hydroxylation sites is 1. The van der Waals surface area contributed by atoms with Crippen molar-refractivity contribution in [3.8, 4) is 23.0 Å². The number of aromatic nitrogens is 4. The number of benzene rings is 3. The molecule has 43 heavy (non-hydrogen) atoms. The van der Waals surface area contributed by atoms with Gasteiger partial charge in [-0.25, -0.2) is 9.37 Å². The Morgan fingerprint density at radius 2 is 1.74 bits per heavy atom. The van der Waals surface area contributed by atoms with E-state index in [2.05, 4.69) is 50.9 Å². The van der Waals surface area contributed by atoms with E-state index in [1.165, 1.54) is 35.9 Å². The first-order valence-corrected chi connectivity index (χ1v) is 14.4. The van der Waals surface area contributed by atoms with Gasteiger partial charge in [-0.2, -0.15) is 17.2 Å². The van der Waals surface area contributed by atoms with Crippen LogP contribution in [0.2, 0.25) is 0 Å². The summed E-state index contributed by atoms with van der Waals surface area (Å²) in [6.07, 6.45) is 6.18. The fourth-order valence-corrected chi connectivity index (χ4v) is 6.59. The van der Waals surface area contributed by atoms with Crippen LogP contribution in [-0.2, 0) is 21.1 Å². The van der Waals surface area contributed by atoms with E-state index in [1.54, 1.807) is 0 Å². The number of rotatable bonds is 5. The Morgan fingerprint density at radius 1 is 0.930 bits per heavy atom. The van der Waals surface area contributed by atoms with Gasteiger partial charge in [0.2, 0.25) is 0 Å². The molecule has 5 nitrogen and oxygen atoms in total. The molecule has 0 radical (unpaired) electrons. The predicted molar refractivity (Wildman–Crippen MR) is 164 cm³/mol. The SMILES string of the molecule is CC1=CCC[C@H](C)C1c1c(C)nn(-c2[c-]c(Oc3[c-]c4c(cc3)c3ccccc3n4-c3cc(F)ccn3)ccc2)c1C.[Pt+2]. The number of hydrogen-bond donors (Lipinski definition) is 0. The van der Waals surface area contributed by atoms with Gasteiger partial charge >= 0.3 is 21.1 Å². The van der Waals surface area contributed by atoms with Crippen molar-refractivity contribution in [3.05, 3.63) is 119 Å². The van der Waals surface area contributed by atoms with Crippen molar-refractivity contribution in [1.82, 2.24) is 19.3 Å². The second kappa shape index (κ2) is 11.6. The Hall–Kier alpha value is -4.02. The van der Waals surface area contributed by atoms with Crippen LogP contribution in [0.1, 0.15) is 49.6 Å². The molecule has 0 saturated heterocycles. The van der Waals surface area contributed by atoms with Gasteiger partial charge in [-0.15, -0.1) is 35.7 Å². The molecule has 0 N–H and O–H groups in total. The molecule has 0 saturated carbocycles. The summed E-state index contributed by atoms with van der Waals surface area (Å²) in [5.74, 6) is 2.19. The average molecular weight is 750 g/mol. The van der Waals surface area contributed by atoms with E-state index in [0.717, 1.165) is 45.3 Å². The molecule has 7 rings (SSSR count). The summed E-state index contributed by atoms with van der Waals surface area (Å²) in [5.41, 5.74) is 7.43. The van der Waals surface area contributed by atoms with Crippen LogP contribution in [-0.4, -0.2) is 19.3 Å². The van der Waals surface area contributed by atoms with Gasteiger partial charge in [-0.05, 0) is 62.7 Å². The second-order valence-corrected chi connectivity index (χ2v) is 11.2. The molecule has 0 spiro atoms. The summed E-state index contributed by atoms with van der Waals surface area (Å²) in [6, 6.07) is 27.4. The summed E-state index contributed by atoms with van der Waals surface area (Å²) >= 11 is 0. The topological polar surface area (TPSA) is 44.9 Å². The normalized spacial score (nSPS) is 16.7. The Balaban J connectivity index is 0.00000329. The molecule has 0 aliphatic heterocycles. The number of nitrogens with zero attached hydrogens (tertiary/aromatic N) is 4. The third-order valence-electron chi connectivity index (χ3n) is 8.50. The van der Waals surface area contributed by atoms with Gasteiger partial charge in [0.1, 0.15) is 11.6 Å². The molecule has 7 heteroatoms. The van der Waals surface area contributed by atoms with Gasteiger partial charge in [0.25, 0.3) is 0 Å². The van der Waals surface area contributed by atoms with Gasteiger partial charge in [-0.3, -0.25) is 4.68 Å². The van der Waals surface area contributed by atoms with E-state index in [0.29, 0.717) is 29.2 Å². The number of ether oxygens (including phenoxy) is 1. The van der Waals surface area contributed by atoms with Crippen molar-refractivity contribution >= 4 is 21.8 Å². The Bertz CT molecular complexity index is 2010. The minimum Gasteiger partial charge on any atom is -0.509 e. The molecule has 3 heterocycles. The van der Waals surface area contributed by atoms with Crippen LogP contribution in [0.4, 0.5) is 4.39 Å². The second-order valence-electron chi connectivity index (χ2n) is 11.2. The molecule has 1 aliphatic rings. The van der Waals surface area contributed by atoms with E-state index in [1.807, 2.05) is 63.8 Å². The van der Waals surface area contributed by atoms with E-state index in [9.17, 15) is 4.39 Å². The molecule has 6 aromatic rings. The van der Waals surface area contributed by atoms with Gasteiger partial charge in [0, 0.05) is 46.5 Å². The summed E-state index contributed by atoms with van der Waals surface area (Å²) in [5, 5.41) is 6.96. The summed E-state index contributed by atoms with van der Waals surface area (Å²) < 4.78 is 24.4. The van der Waals surface area contributed by atoms with Crippen LogP contribution in [0, 0.1) is 37.7 Å². The number of allylic oxidation sites excluding steroid dienone is 2. The van der Waals surface area contributed by atoms with Crippen LogP contribution < -0.4 is 4.74 Å². The molecule has 0 fully saturated rings. The van der Waals surface area contributed by atoms with Crippen LogP contribution >= 0.6 is 0 Å². The molecule has 3 aromatic heterocycles. The Morgan fingerprint density at radius 3 is 2.56 bits per heavy atom. The molecular weight excluding hydrogens is 718 g/mol. The standard InChI is InChI=1S/C36H31FN4O.Pt/c1-22-9-7-10-23(2)35(22)36-24(3)39-41(25(36)4)27-11-8-12-28(20-27)42-29-15-16-31-30-13-5-6-14-32(30)40(33(31)21-29)34-19-26(37)17-18-38-34;/h5-6,8-9,11-19,23,35H,7,10H2,1-4H3;/q-2;+2/t23-,35?;/m0./s1. The zero-order valence-corrected chi connectivity index (χ0v) is 26.7. The maximum absolute atomic E-state index is 14.2. The van der Waals surface area contributed by atoms with E-state index in [-0.39, 0.29) is 26.9 Å². The predicted octanol–water partition coefficient (Wildman–Crippen LogP) is 8.97. The van der Waals surface area contributed by atoms with Gasteiger partial charge in [0.15, 0.2) is 0 Å². The van der Waals surface area contributed by atoms with Crippen LogP contribution in [0.25, 0.3) is 33.3 Å². The van der Waals surface area contributed by atoms with Crippen molar-refractivity contribution in [1.29, 1.82) is 0 Å². The van der Waals surface area contributed by atoms with Crippen molar-refractivity contribution in [2.24, 2.45) is 5.92 Å². The summed E-state index contributed by atoms with van der Waals surface area (Å²) in [6.45, 7) is 8.83. The molecule has 0 amide bonds. The van der Waals surface area contributed by atoms with Gasteiger partial charge in [-0.1, -0.05) is 42.3 Å².